The molecule has 0 radical (unpaired) electrons. The smallest absolute Gasteiger partial charge is 0.267 e. The van der Waals surface area contributed by atoms with E-state index >= 15 is 0 Å². The van der Waals surface area contributed by atoms with Crippen LogP contribution in [0.4, 0.5) is 5.69 Å². The third-order valence-corrected chi connectivity index (χ3v) is 3.51. The number of carbonyl (C=O) groups is 2. The molecule has 2 rings (SSSR count). The zero-order chi connectivity index (χ0) is 16.3. The quantitative estimate of drug-likeness (QED) is 0.344. The van der Waals surface area contributed by atoms with Crippen molar-refractivity contribution >= 4 is 23.6 Å². The van der Waals surface area contributed by atoms with Crippen LogP contribution < -0.4 is 11.3 Å². The topological polar surface area (TPSA) is 105 Å². The van der Waals surface area contributed by atoms with Crippen LogP contribution in [-0.4, -0.2) is 23.0 Å². The number of aliphatic imine (C=N–C) groups is 1. The molecule has 1 aromatic rings. The van der Waals surface area contributed by atoms with Crippen molar-refractivity contribution in [2.75, 3.05) is 0 Å². The molecule has 0 saturated heterocycles. The van der Waals surface area contributed by atoms with Crippen molar-refractivity contribution in [3.63, 3.8) is 0 Å². The van der Waals surface area contributed by atoms with Crippen LogP contribution in [0.15, 0.2) is 40.6 Å². The fourth-order valence-corrected chi connectivity index (χ4v) is 2.44. The minimum absolute atomic E-state index is 0.0331. The Hall–Kier alpha value is -2.47. The molecule has 6 heteroatoms. The van der Waals surface area contributed by atoms with Crippen LogP contribution in [-0.2, 0) is 4.79 Å². The summed E-state index contributed by atoms with van der Waals surface area (Å²) in [7, 11) is 0. The summed E-state index contributed by atoms with van der Waals surface area (Å²) in [5.74, 6) is 4.54. The molecule has 0 spiro atoms. The van der Waals surface area contributed by atoms with Gasteiger partial charge in [-0.3, -0.25) is 20.0 Å². The number of nitrogens with zero attached hydrogens (tertiary/aromatic N) is 1. The van der Waals surface area contributed by atoms with E-state index in [1.165, 1.54) is 6.21 Å². The number of hydrogen-bond donors (Lipinski definition) is 3. The lowest BCUT2D eigenvalue weighted by Crippen LogP contribution is -2.30. The summed E-state index contributed by atoms with van der Waals surface area (Å²) in [5.41, 5.74) is 2.66. The summed E-state index contributed by atoms with van der Waals surface area (Å²) in [6, 6.07) is 6.62. The maximum atomic E-state index is 12.1. The molecule has 0 aromatic heterocycles. The number of nitrogens with one attached hydrogen (secondary N) is 1. The zero-order valence-electron chi connectivity index (χ0n) is 12.6. The van der Waals surface area contributed by atoms with Crippen molar-refractivity contribution < 1.29 is 14.7 Å². The van der Waals surface area contributed by atoms with Crippen LogP contribution >= 0.6 is 0 Å². The fraction of sp³-hybridized carbons (Fsp3) is 0.312. The van der Waals surface area contributed by atoms with Gasteiger partial charge in [-0.25, -0.2) is 5.84 Å². The zero-order valence-corrected chi connectivity index (χ0v) is 12.6. The van der Waals surface area contributed by atoms with Crippen LogP contribution in [0.2, 0.25) is 0 Å². The van der Waals surface area contributed by atoms with E-state index < -0.39 is 5.91 Å². The average Bonchev–Trinajstić information content (AvgIpc) is 2.44. The number of aliphatic hydroxyl groups excluding tert-OH is 1. The highest BCUT2D eigenvalue weighted by molar-refractivity contribution is 6.15. The molecule has 1 aliphatic rings. The number of aliphatic hydroxyl groups is 1. The molecule has 0 fully saturated rings. The summed E-state index contributed by atoms with van der Waals surface area (Å²) in [4.78, 5) is 27.9. The highest BCUT2D eigenvalue weighted by Gasteiger charge is 2.32. The molecule has 0 unspecified atom stereocenters. The van der Waals surface area contributed by atoms with Crippen molar-refractivity contribution in [3.05, 3.63) is 41.2 Å². The third-order valence-electron chi connectivity index (χ3n) is 3.51. The molecule has 0 bridgehead atoms. The Balaban J connectivity index is 2.34. The van der Waals surface area contributed by atoms with Crippen molar-refractivity contribution in [3.8, 4) is 0 Å². The first kappa shape index (κ1) is 15.9. The monoisotopic (exact) mass is 301 g/mol. The van der Waals surface area contributed by atoms with Crippen molar-refractivity contribution in [2.45, 2.75) is 26.7 Å². The molecule has 4 N–H and O–H groups in total. The first-order chi connectivity index (χ1) is 10.3. The number of nitrogens with two attached hydrogens (primary N) is 1. The van der Waals surface area contributed by atoms with E-state index in [9.17, 15) is 14.7 Å². The van der Waals surface area contributed by atoms with E-state index in [4.69, 9.17) is 5.84 Å². The van der Waals surface area contributed by atoms with E-state index in [2.05, 4.69) is 4.99 Å². The molecular formula is C16H19N3O3. The number of hydrazine groups is 1. The first-order valence-electron chi connectivity index (χ1n) is 6.93. The number of ketones is 1. The molecule has 0 atom stereocenters. The van der Waals surface area contributed by atoms with Crippen LogP contribution in [0.3, 0.4) is 0 Å². The number of allylic oxidation sites excluding steroid dienone is 2. The van der Waals surface area contributed by atoms with Crippen LogP contribution in [0, 0.1) is 5.41 Å². The Morgan fingerprint density at radius 2 is 2.05 bits per heavy atom. The van der Waals surface area contributed by atoms with Crippen LogP contribution in [0.25, 0.3) is 0 Å². The van der Waals surface area contributed by atoms with Crippen molar-refractivity contribution in [2.24, 2.45) is 16.3 Å². The van der Waals surface area contributed by atoms with E-state index in [0.29, 0.717) is 24.1 Å². The number of Topliss-reactive ketones (excluding diaryl/α,β-unsaturated/α-hetero) is 1. The summed E-state index contributed by atoms with van der Waals surface area (Å²) < 4.78 is 0. The number of amides is 1. The SMILES string of the molecule is CC1(C)CC(=O)C(C=Nc2ccccc2C(=O)NN)=C(O)C1. The molecule has 22 heavy (non-hydrogen) atoms. The highest BCUT2D eigenvalue weighted by Crippen LogP contribution is 2.35. The van der Waals surface area contributed by atoms with Gasteiger partial charge in [0.2, 0.25) is 0 Å². The molecular weight excluding hydrogens is 282 g/mol. The number of carbonyl (C=O) groups excluding carboxylic acids is 2. The second-order valence-electron chi connectivity index (χ2n) is 6.05. The molecule has 116 valence electrons. The maximum Gasteiger partial charge on any atom is 0.267 e. The van der Waals surface area contributed by atoms with Crippen LogP contribution in [0.5, 0.6) is 0 Å². The molecule has 1 amide bonds. The largest absolute Gasteiger partial charge is 0.511 e. The Morgan fingerprint density at radius 3 is 2.68 bits per heavy atom. The average molecular weight is 301 g/mol. The Labute approximate surface area is 128 Å². The Bertz CT molecular complexity index is 675. The van der Waals surface area contributed by atoms with Gasteiger partial charge in [-0.15, -0.1) is 0 Å². The van der Waals surface area contributed by atoms with Gasteiger partial charge in [0.05, 0.1) is 16.8 Å². The molecule has 1 aromatic carbocycles. The lowest BCUT2D eigenvalue weighted by Gasteiger charge is -2.28. The highest BCUT2D eigenvalue weighted by atomic mass is 16.3. The lowest BCUT2D eigenvalue weighted by molar-refractivity contribution is -0.117. The fourth-order valence-electron chi connectivity index (χ4n) is 2.44. The minimum atomic E-state index is -0.470. The number of hydrogen-bond acceptors (Lipinski definition) is 5. The van der Waals surface area contributed by atoms with Gasteiger partial charge in [0.15, 0.2) is 5.78 Å². The molecule has 0 aliphatic heterocycles. The number of benzene rings is 1. The van der Waals surface area contributed by atoms with Gasteiger partial charge in [0.25, 0.3) is 5.91 Å². The summed E-state index contributed by atoms with van der Waals surface area (Å²) in [6.45, 7) is 3.85. The Morgan fingerprint density at radius 1 is 1.36 bits per heavy atom. The lowest BCUT2D eigenvalue weighted by atomic mass is 9.77. The molecule has 6 nitrogen and oxygen atoms in total. The second-order valence-corrected chi connectivity index (χ2v) is 6.05. The predicted molar refractivity (Wildman–Crippen MR) is 83.9 cm³/mol. The van der Waals surface area contributed by atoms with E-state index in [1.807, 2.05) is 19.3 Å². The maximum absolute atomic E-state index is 12.1. The Kier molecular flexibility index (Phi) is 4.42. The molecule has 0 saturated carbocycles. The summed E-state index contributed by atoms with van der Waals surface area (Å²) in [6.07, 6.45) is 2.09. The van der Waals surface area contributed by atoms with Gasteiger partial charge in [-0.1, -0.05) is 26.0 Å². The van der Waals surface area contributed by atoms with Gasteiger partial charge in [0, 0.05) is 19.1 Å². The first-order valence-corrected chi connectivity index (χ1v) is 6.93. The minimum Gasteiger partial charge on any atom is -0.511 e. The normalized spacial score (nSPS) is 17.9. The third kappa shape index (κ3) is 3.40. The van der Waals surface area contributed by atoms with E-state index in [0.717, 1.165) is 0 Å². The van der Waals surface area contributed by atoms with Gasteiger partial charge in [-0.2, -0.15) is 0 Å². The summed E-state index contributed by atoms with van der Waals surface area (Å²) >= 11 is 0. The van der Waals surface area contributed by atoms with Gasteiger partial charge >= 0.3 is 0 Å². The van der Waals surface area contributed by atoms with Crippen molar-refractivity contribution in [1.29, 1.82) is 0 Å². The van der Waals surface area contributed by atoms with E-state index in [-0.39, 0.29) is 22.5 Å². The standard InChI is InChI=1S/C16H19N3O3/c1-16(2)7-13(20)11(14(21)8-16)9-18-12-6-4-3-5-10(12)15(22)19-17/h3-6,9,20H,7-8,17H2,1-2H3,(H,19,22). The number of rotatable bonds is 3. The van der Waals surface area contributed by atoms with Crippen LogP contribution in [0.1, 0.15) is 37.0 Å². The van der Waals surface area contributed by atoms with Gasteiger partial charge in [-0.05, 0) is 17.5 Å². The number of para-hydroxylation sites is 1. The predicted octanol–water partition coefficient (Wildman–Crippen LogP) is 2.19. The molecule has 1 aliphatic carbocycles. The van der Waals surface area contributed by atoms with Gasteiger partial charge < -0.3 is 5.11 Å². The molecule has 0 heterocycles. The van der Waals surface area contributed by atoms with E-state index in [1.54, 1.807) is 24.3 Å². The number of nitrogen functional groups attached to an aromatic ring is 1. The van der Waals surface area contributed by atoms with Gasteiger partial charge in [0.1, 0.15) is 5.76 Å². The second kappa shape index (κ2) is 6.11. The van der Waals surface area contributed by atoms with Crippen molar-refractivity contribution in [1.82, 2.24) is 5.43 Å². The summed E-state index contributed by atoms with van der Waals surface area (Å²) in [5, 5.41) is 10.0.